The fourth-order valence-electron chi connectivity index (χ4n) is 4.83. The third kappa shape index (κ3) is 10.1. The van der Waals surface area contributed by atoms with Crippen molar-refractivity contribution in [3.63, 3.8) is 0 Å². The first kappa shape index (κ1) is 33.6. The lowest BCUT2D eigenvalue weighted by Crippen LogP contribution is -2.54. The zero-order chi connectivity index (χ0) is 32.4. The highest BCUT2D eigenvalue weighted by Gasteiger charge is 2.33. The summed E-state index contributed by atoms with van der Waals surface area (Å²) in [7, 11) is -3.89. The number of hydrogen-bond acceptors (Lipinski definition) is 5. The fourth-order valence-corrected chi connectivity index (χ4v) is 5.89. The predicted octanol–water partition coefficient (Wildman–Crippen LogP) is 5.85. The maximum atomic E-state index is 14.2. The molecular formula is C35H38ClN3O5S. The maximum absolute atomic E-state index is 14.2. The molecule has 0 saturated carbocycles. The van der Waals surface area contributed by atoms with Crippen molar-refractivity contribution in [1.82, 2.24) is 10.2 Å². The Balaban J connectivity index is 1.64. The predicted molar refractivity (Wildman–Crippen MR) is 179 cm³/mol. The molecule has 4 aromatic carbocycles. The molecule has 4 rings (SSSR count). The summed E-state index contributed by atoms with van der Waals surface area (Å²) in [5, 5.41) is 3.42. The van der Waals surface area contributed by atoms with Gasteiger partial charge in [-0.2, -0.15) is 0 Å². The summed E-state index contributed by atoms with van der Waals surface area (Å²) in [5.41, 5.74) is 2.86. The SMILES string of the molecule is CC(C)NC(=O)[C@@H](Cc1ccccc1)N(Cc1cccc(Cl)c1)C(=O)CN(c1ccc(OCc2ccccc2)cc1)S(C)(=O)=O. The first-order valence-electron chi connectivity index (χ1n) is 14.6. The number of nitrogens with zero attached hydrogens (tertiary/aromatic N) is 2. The number of rotatable bonds is 14. The van der Waals surface area contributed by atoms with E-state index in [1.165, 1.54) is 4.90 Å². The number of benzene rings is 4. The van der Waals surface area contributed by atoms with Crippen molar-refractivity contribution in [3.8, 4) is 5.75 Å². The molecule has 0 unspecified atom stereocenters. The molecule has 0 spiro atoms. The highest BCUT2D eigenvalue weighted by Crippen LogP contribution is 2.24. The first-order valence-corrected chi connectivity index (χ1v) is 16.8. The number of ether oxygens (including phenoxy) is 1. The second kappa shape index (κ2) is 15.6. The van der Waals surface area contributed by atoms with Crippen LogP contribution in [0.4, 0.5) is 5.69 Å². The van der Waals surface area contributed by atoms with E-state index >= 15 is 0 Å². The molecule has 0 aliphatic heterocycles. The molecule has 4 aromatic rings. The van der Waals surface area contributed by atoms with Crippen LogP contribution < -0.4 is 14.4 Å². The van der Waals surface area contributed by atoms with Gasteiger partial charge in [0.15, 0.2) is 0 Å². The number of sulfonamides is 1. The Hall–Kier alpha value is -4.34. The average Bonchev–Trinajstić information content (AvgIpc) is 3.01. The van der Waals surface area contributed by atoms with Crippen LogP contribution in [0.5, 0.6) is 5.75 Å². The smallest absolute Gasteiger partial charge is 0.244 e. The van der Waals surface area contributed by atoms with E-state index in [-0.39, 0.29) is 24.9 Å². The monoisotopic (exact) mass is 647 g/mol. The highest BCUT2D eigenvalue weighted by molar-refractivity contribution is 7.92. The molecule has 0 heterocycles. The number of carbonyl (C=O) groups excluding carboxylic acids is 2. The van der Waals surface area contributed by atoms with Crippen LogP contribution >= 0.6 is 11.6 Å². The quantitative estimate of drug-likeness (QED) is 0.185. The van der Waals surface area contributed by atoms with Crippen LogP contribution in [0.2, 0.25) is 5.02 Å². The minimum absolute atomic E-state index is 0.0479. The van der Waals surface area contributed by atoms with Crippen LogP contribution in [0.15, 0.2) is 109 Å². The second-order valence-corrected chi connectivity index (χ2v) is 13.4. The molecule has 2 amide bonds. The van der Waals surface area contributed by atoms with E-state index in [9.17, 15) is 18.0 Å². The average molecular weight is 648 g/mol. The largest absolute Gasteiger partial charge is 0.489 e. The number of hydrogen-bond donors (Lipinski definition) is 1. The van der Waals surface area contributed by atoms with Gasteiger partial charge < -0.3 is 15.0 Å². The molecule has 45 heavy (non-hydrogen) atoms. The van der Waals surface area contributed by atoms with Gasteiger partial charge in [0, 0.05) is 24.0 Å². The summed E-state index contributed by atoms with van der Waals surface area (Å²) in [6.45, 7) is 3.59. The van der Waals surface area contributed by atoms with Crippen molar-refractivity contribution >= 4 is 39.1 Å². The van der Waals surface area contributed by atoms with Gasteiger partial charge in [0.1, 0.15) is 24.9 Å². The maximum Gasteiger partial charge on any atom is 0.244 e. The molecule has 8 nitrogen and oxygen atoms in total. The molecule has 0 aromatic heterocycles. The Morgan fingerprint density at radius 1 is 0.822 bits per heavy atom. The topological polar surface area (TPSA) is 96.0 Å². The van der Waals surface area contributed by atoms with Crippen molar-refractivity contribution in [1.29, 1.82) is 0 Å². The molecular weight excluding hydrogens is 610 g/mol. The van der Waals surface area contributed by atoms with Gasteiger partial charge in [0.2, 0.25) is 21.8 Å². The van der Waals surface area contributed by atoms with Crippen LogP contribution in [-0.2, 0) is 39.2 Å². The molecule has 0 saturated heterocycles. The van der Waals surface area contributed by atoms with Gasteiger partial charge in [-0.1, -0.05) is 84.4 Å². The van der Waals surface area contributed by atoms with Crippen molar-refractivity contribution in [2.75, 3.05) is 17.1 Å². The van der Waals surface area contributed by atoms with Gasteiger partial charge >= 0.3 is 0 Å². The molecule has 1 N–H and O–H groups in total. The normalized spacial score (nSPS) is 11.9. The lowest BCUT2D eigenvalue weighted by Gasteiger charge is -2.34. The van der Waals surface area contributed by atoms with Crippen molar-refractivity contribution in [2.24, 2.45) is 0 Å². The summed E-state index contributed by atoms with van der Waals surface area (Å²) in [5.74, 6) is -0.321. The van der Waals surface area contributed by atoms with Gasteiger partial charge in [0.25, 0.3) is 0 Å². The van der Waals surface area contributed by atoms with Gasteiger partial charge in [-0.25, -0.2) is 8.42 Å². The van der Waals surface area contributed by atoms with E-state index < -0.39 is 28.5 Å². The van der Waals surface area contributed by atoms with E-state index in [0.29, 0.717) is 28.6 Å². The van der Waals surface area contributed by atoms with Crippen molar-refractivity contribution < 1.29 is 22.7 Å². The number of halogens is 1. The minimum Gasteiger partial charge on any atom is -0.489 e. The van der Waals surface area contributed by atoms with Crippen LogP contribution in [0.25, 0.3) is 0 Å². The standard InChI is InChI=1S/C35H38ClN3O5S/c1-26(2)37-35(41)33(22-27-11-6-4-7-12-27)38(23-29-15-10-16-30(36)21-29)34(40)24-39(45(3,42)43)31-17-19-32(20-18-31)44-25-28-13-8-5-9-14-28/h4-21,26,33H,22-25H2,1-3H3,(H,37,41)/t33-/m1/s1. The van der Waals surface area contributed by atoms with Gasteiger partial charge in [-0.05, 0) is 66.9 Å². The summed E-state index contributed by atoms with van der Waals surface area (Å²) in [4.78, 5) is 29.3. The second-order valence-electron chi connectivity index (χ2n) is 11.1. The van der Waals surface area contributed by atoms with E-state index in [2.05, 4.69) is 5.32 Å². The lowest BCUT2D eigenvalue weighted by atomic mass is 10.0. The third-order valence-electron chi connectivity index (χ3n) is 7.00. The fraction of sp³-hybridized carbons (Fsp3) is 0.257. The Kier molecular flexibility index (Phi) is 11.6. The number of amides is 2. The Labute approximate surface area is 270 Å². The third-order valence-corrected chi connectivity index (χ3v) is 8.37. The number of carbonyl (C=O) groups is 2. The van der Waals surface area contributed by atoms with Gasteiger partial charge in [0.05, 0.1) is 11.9 Å². The van der Waals surface area contributed by atoms with E-state index in [1.54, 1.807) is 42.5 Å². The van der Waals surface area contributed by atoms with Crippen molar-refractivity contribution in [2.45, 2.75) is 45.5 Å². The minimum atomic E-state index is -3.89. The summed E-state index contributed by atoms with van der Waals surface area (Å²) >= 11 is 6.26. The summed E-state index contributed by atoms with van der Waals surface area (Å²) in [6, 6.07) is 31.6. The molecule has 1 atom stereocenters. The molecule has 10 heteroatoms. The first-order chi connectivity index (χ1) is 21.5. The van der Waals surface area contributed by atoms with E-state index in [0.717, 1.165) is 21.7 Å². The number of anilines is 1. The van der Waals surface area contributed by atoms with Gasteiger partial charge in [-0.15, -0.1) is 0 Å². The Bertz CT molecular complexity index is 1670. The molecule has 0 bridgehead atoms. The zero-order valence-electron chi connectivity index (χ0n) is 25.6. The van der Waals surface area contributed by atoms with Crippen LogP contribution in [-0.4, -0.2) is 50.0 Å². The van der Waals surface area contributed by atoms with Crippen LogP contribution in [0.3, 0.4) is 0 Å². The van der Waals surface area contributed by atoms with Crippen LogP contribution in [0, 0.1) is 0 Å². The molecule has 0 aliphatic rings. The highest BCUT2D eigenvalue weighted by atomic mass is 35.5. The molecule has 0 radical (unpaired) electrons. The summed E-state index contributed by atoms with van der Waals surface area (Å²) in [6.07, 6.45) is 1.28. The zero-order valence-corrected chi connectivity index (χ0v) is 27.2. The number of nitrogens with one attached hydrogen (secondary N) is 1. The van der Waals surface area contributed by atoms with E-state index in [1.807, 2.05) is 80.6 Å². The molecule has 0 aliphatic carbocycles. The Morgan fingerprint density at radius 2 is 1.42 bits per heavy atom. The Morgan fingerprint density at radius 3 is 2.00 bits per heavy atom. The molecule has 0 fully saturated rings. The van der Waals surface area contributed by atoms with E-state index in [4.69, 9.17) is 16.3 Å². The summed E-state index contributed by atoms with van der Waals surface area (Å²) < 4.78 is 33.0. The molecule has 236 valence electrons. The van der Waals surface area contributed by atoms with Crippen LogP contribution in [0.1, 0.15) is 30.5 Å². The van der Waals surface area contributed by atoms with Gasteiger partial charge in [-0.3, -0.25) is 13.9 Å². The van der Waals surface area contributed by atoms with Crippen molar-refractivity contribution in [3.05, 3.63) is 131 Å². The lowest BCUT2D eigenvalue weighted by molar-refractivity contribution is -0.140.